The van der Waals surface area contributed by atoms with Gasteiger partial charge >= 0.3 is 0 Å². The summed E-state index contributed by atoms with van der Waals surface area (Å²) < 4.78 is 0. The van der Waals surface area contributed by atoms with Crippen LogP contribution in [0.25, 0.3) is 0 Å². The number of likely N-dealkylation sites (N-methyl/N-ethyl adjacent to an activating group) is 2. The molecule has 0 unspecified atom stereocenters. The molecule has 9 N–H and O–H groups in total. The molecule has 2 amide bonds. The standard InChI is InChI=1S/C29H45N5O8/c1-10-15(25(39)29(42)12-18(34(8)9)24(38)21(26(29)40)27(30)41)22(36)20-14(2)17(33(6)7)11-16(23(20)37)32-19(35)13-31-28(3,4)5/h11,18,23,31,36-37,39-40,42H,10,12-13H2,1-9H3,(H2,30,41)(H,32,35)/b22-20-,25-15-/t18-,23-,29+/m0/s1. The molecule has 2 rings (SSSR count). The molecule has 0 saturated carbocycles. The van der Waals surface area contributed by atoms with Crippen molar-refractivity contribution >= 4 is 17.6 Å². The predicted octanol–water partition coefficient (Wildman–Crippen LogP) is 0.550. The Morgan fingerprint density at radius 3 is 2.19 bits per heavy atom. The number of carbonyl (C=O) groups excluding carboxylic acids is 3. The molecule has 0 bridgehead atoms. The average molecular weight is 592 g/mol. The first-order valence-corrected chi connectivity index (χ1v) is 13.5. The molecule has 0 fully saturated rings. The Balaban J connectivity index is 2.77. The normalized spacial score (nSPS) is 25.3. The summed E-state index contributed by atoms with van der Waals surface area (Å²) >= 11 is 0. The minimum atomic E-state index is -2.67. The van der Waals surface area contributed by atoms with Crippen molar-refractivity contribution in [3.63, 3.8) is 0 Å². The fraction of sp³-hybridized carbons (Fsp3) is 0.552. The van der Waals surface area contributed by atoms with E-state index >= 15 is 0 Å². The van der Waals surface area contributed by atoms with Crippen molar-refractivity contribution in [2.24, 2.45) is 5.73 Å². The van der Waals surface area contributed by atoms with Gasteiger partial charge in [-0.1, -0.05) is 6.92 Å². The van der Waals surface area contributed by atoms with Gasteiger partial charge in [0.05, 0.1) is 18.3 Å². The number of nitrogens with two attached hydrogens (primary N) is 1. The first-order valence-electron chi connectivity index (χ1n) is 13.5. The van der Waals surface area contributed by atoms with Crippen LogP contribution in [-0.2, 0) is 14.4 Å². The van der Waals surface area contributed by atoms with Crippen LogP contribution in [0.2, 0.25) is 0 Å². The summed E-state index contributed by atoms with van der Waals surface area (Å²) in [5.74, 6) is -5.24. The number of aliphatic hydroxyl groups is 5. The van der Waals surface area contributed by atoms with Gasteiger partial charge in [0.2, 0.25) is 5.91 Å². The molecule has 0 heterocycles. The van der Waals surface area contributed by atoms with Crippen LogP contribution in [0.4, 0.5) is 0 Å². The molecule has 0 aromatic heterocycles. The lowest BCUT2D eigenvalue weighted by atomic mass is 9.76. The summed E-state index contributed by atoms with van der Waals surface area (Å²) in [7, 11) is 6.49. The summed E-state index contributed by atoms with van der Waals surface area (Å²) in [6.07, 6.45) is -0.649. The van der Waals surface area contributed by atoms with E-state index in [9.17, 15) is 39.9 Å². The first-order chi connectivity index (χ1) is 19.2. The number of allylic oxidation sites excluding steroid dienone is 2. The number of Topliss-reactive ketones (excluding diaryl/α,β-unsaturated/α-hetero) is 1. The third-order valence-electron chi connectivity index (χ3n) is 7.30. The highest BCUT2D eigenvalue weighted by molar-refractivity contribution is 6.22. The molecule has 13 heteroatoms. The second-order valence-electron chi connectivity index (χ2n) is 12.0. The zero-order valence-corrected chi connectivity index (χ0v) is 25.8. The first kappa shape index (κ1) is 34.6. The van der Waals surface area contributed by atoms with Gasteiger partial charge in [-0.2, -0.15) is 0 Å². The largest absolute Gasteiger partial charge is 0.508 e. The Hall–Kier alpha value is -3.65. The van der Waals surface area contributed by atoms with Crippen molar-refractivity contribution in [2.45, 2.75) is 70.7 Å². The number of ketones is 1. The molecule has 2 aliphatic carbocycles. The van der Waals surface area contributed by atoms with Crippen LogP contribution >= 0.6 is 0 Å². The molecule has 0 saturated heterocycles. The van der Waals surface area contributed by atoms with Crippen LogP contribution in [0.1, 0.15) is 47.5 Å². The van der Waals surface area contributed by atoms with E-state index in [-0.39, 0.29) is 35.3 Å². The molecule has 3 atom stereocenters. The van der Waals surface area contributed by atoms with E-state index in [0.717, 1.165) is 0 Å². The highest BCUT2D eigenvalue weighted by Crippen LogP contribution is 2.41. The van der Waals surface area contributed by atoms with E-state index in [4.69, 9.17) is 5.73 Å². The highest BCUT2D eigenvalue weighted by Gasteiger charge is 2.51. The van der Waals surface area contributed by atoms with E-state index in [1.54, 1.807) is 38.9 Å². The number of carbonyl (C=O) groups is 3. The van der Waals surface area contributed by atoms with Gasteiger partial charge in [-0.3, -0.25) is 19.3 Å². The summed E-state index contributed by atoms with van der Waals surface area (Å²) in [6.45, 7) is 8.81. The van der Waals surface area contributed by atoms with Crippen molar-refractivity contribution in [3.05, 3.63) is 57.0 Å². The predicted molar refractivity (Wildman–Crippen MR) is 157 cm³/mol. The fourth-order valence-corrected chi connectivity index (χ4v) is 4.94. The lowest BCUT2D eigenvalue weighted by molar-refractivity contribution is -0.128. The van der Waals surface area contributed by atoms with Crippen LogP contribution in [0, 0.1) is 0 Å². The van der Waals surface area contributed by atoms with Crippen molar-refractivity contribution in [2.75, 3.05) is 34.7 Å². The van der Waals surface area contributed by atoms with Gasteiger partial charge in [-0.15, -0.1) is 0 Å². The molecule has 0 radical (unpaired) electrons. The Morgan fingerprint density at radius 2 is 1.74 bits per heavy atom. The number of aliphatic hydroxyl groups excluding tert-OH is 4. The maximum absolute atomic E-state index is 12.8. The number of primary amides is 1. The summed E-state index contributed by atoms with van der Waals surface area (Å²) in [5, 5.41) is 62.5. The third-order valence-corrected chi connectivity index (χ3v) is 7.30. The zero-order valence-electron chi connectivity index (χ0n) is 25.8. The Kier molecular flexibility index (Phi) is 10.4. The number of nitrogens with one attached hydrogen (secondary N) is 2. The molecule has 2 aliphatic rings. The van der Waals surface area contributed by atoms with Gasteiger partial charge in [0, 0.05) is 42.9 Å². The van der Waals surface area contributed by atoms with Crippen LogP contribution in [0.15, 0.2) is 57.0 Å². The van der Waals surface area contributed by atoms with E-state index < -0.39 is 64.6 Å². The van der Waals surface area contributed by atoms with Gasteiger partial charge in [0.25, 0.3) is 5.91 Å². The smallest absolute Gasteiger partial charge is 0.255 e. The van der Waals surface area contributed by atoms with Crippen LogP contribution in [0.3, 0.4) is 0 Å². The number of hydrogen-bond donors (Lipinski definition) is 8. The summed E-state index contributed by atoms with van der Waals surface area (Å²) in [5.41, 5.74) is 2.14. The topological polar surface area (TPSA) is 209 Å². The van der Waals surface area contributed by atoms with Crippen LogP contribution in [0.5, 0.6) is 0 Å². The SMILES string of the molecule is CCC(/C(O)=C1\C(C)=C(N(C)C)C=C(NC(=O)CNC(C)(C)C)[C@@H]1O)=C(/O)[C@]1(O)C[C@H](N(C)C)C(=O)C(C(N)=O)=C1O. The van der Waals surface area contributed by atoms with Gasteiger partial charge < -0.3 is 46.8 Å². The molecule has 0 spiro atoms. The van der Waals surface area contributed by atoms with Crippen molar-refractivity contribution in [1.29, 1.82) is 0 Å². The van der Waals surface area contributed by atoms with E-state index in [1.165, 1.54) is 19.0 Å². The molecule has 42 heavy (non-hydrogen) atoms. The maximum atomic E-state index is 12.8. The lowest BCUT2D eigenvalue weighted by Gasteiger charge is -2.38. The second-order valence-corrected chi connectivity index (χ2v) is 12.0. The highest BCUT2D eigenvalue weighted by atomic mass is 16.4. The number of hydrogen-bond acceptors (Lipinski definition) is 11. The lowest BCUT2D eigenvalue weighted by Crippen LogP contribution is -2.53. The number of rotatable bonds is 9. The van der Waals surface area contributed by atoms with Crippen LogP contribution < -0.4 is 16.4 Å². The van der Waals surface area contributed by atoms with Crippen molar-refractivity contribution < 1.29 is 39.9 Å². The average Bonchev–Trinajstić information content (AvgIpc) is 2.86. The molecule has 0 aromatic rings. The molecule has 13 nitrogen and oxygen atoms in total. The summed E-state index contributed by atoms with van der Waals surface area (Å²) in [6, 6.07) is -1.14. The Labute approximate surface area is 246 Å². The second kappa shape index (κ2) is 12.7. The summed E-state index contributed by atoms with van der Waals surface area (Å²) in [4.78, 5) is 40.7. The monoisotopic (exact) mass is 591 g/mol. The third kappa shape index (κ3) is 6.86. The minimum Gasteiger partial charge on any atom is -0.508 e. The molecular weight excluding hydrogens is 546 g/mol. The van der Waals surface area contributed by atoms with Crippen molar-refractivity contribution in [1.82, 2.24) is 20.4 Å². The van der Waals surface area contributed by atoms with Gasteiger partial charge in [-0.25, -0.2) is 0 Å². The van der Waals surface area contributed by atoms with Crippen molar-refractivity contribution in [3.8, 4) is 0 Å². The molecule has 0 aromatic carbocycles. The van der Waals surface area contributed by atoms with E-state index in [0.29, 0.717) is 11.3 Å². The quantitative estimate of drug-likeness (QED) is 0.137. The Bertz CT molecular complexity index is 1300. The zero-order chi connectivity index (χ0) is 32.5. The minimum absolute atomic E-state index is 0.0495. The molecule has 0 aliphatic heterocycles. The number of nitrogens with zero attached hydrogens (tertiary/aromatic N) is 2. The van der Waals surface area contributed by atoms with E-state index in [2.05, 4.69) is 10.6 Å². The Morgan fingerprint density at radius 1 is 1.17 bits per heavy atom. The van der Waals surface area contributed by atoms with E-state index in [1.807, 2.05) is 20.8 Å². The molecule has 234 valence electrons. The maximum Gasteiger partial charge on any atom is 0.255 e. The van der Waals surface area contributed by atoms with Gasteiger partial charge in [-0.05, 0) is 59.9 Å². The number of amides is 2. The van der Waals surface area contributed by atoms with Crippen LogP contribution in [-0.4, -0.2) is 111 Å². The van der Waals surface area contributed by atoms with Gasteiger partial charge in [0.1, 0.15) is 29.0 Å². The van der Waals surface area contributed by atoms with Gasteiger partial charge in [0.15, 0.2) is 11.4 Å². The fourth-order valence-electron chi connectivity index (χ4n) is 4.94. The molecular formula is C29H45N5O8.